The van der Waals surface area contributed by atoms with E-state index in [1.54, 1.807) is 6.07 Å². The van der Waals surface area contributed by atoms with Crippen LogP contribution in [0.25, 0.3) is 11.4 Å². The minimum atomic E-state index is -0.318. The largest absolute Gasteiger partial charge is 0.508 e. The van der Waals surface area contributed by atoms with Crippen LogP contribution >= 0.6 is 0 Å². The van der Waals surface area contributed by atoms with Crippen molar-refractivity contribution in [1.29, 1.82) is 0 Å². The van der Waals surface area contributed by atoms with E-state index < -0.39 is 0 Å². The van der Waals surface area contributed by atoms with E-state index >= 15 is 0 Å². The number of H-pyrrole nitrogens is 1. The number of ether oxygens (including phenoxy) is 1. The molecule has 0 amide bonds. The molecule has 2 heterocycles. The maximum Gasteiger partial charge on any atom is 0.343 e. The van der Waals surface area contributed by atoms with Gasteiger partial charge in [-0.1, -0.05) is 13.8 Å². The lowest BCUT2D eigenvalue weighted by molar-refractivity contribution is 0.0363. The number of aromatic nitrogens is 3. The minimum absolute atomic E-state index is 0.0361. The maximum atomic E-state index is 12.2. The van der Waals surface area contributed by atoms with Crippen molar-refractivity contribution < 1.29 is 14.9 Å². The molecule has 1 fully saturated rings. The number of nitrogens with one attached hydrogen (secondary N) is 1. The number of phenolic OH excluding ortho intramolecular Hbond substituents is 2. The van der Waals surface area contributed by atoms with Gasteiger partial charge in [0.15, 0.2) is 5.82 Å². The fraction of sp³-hybridized carbons (Fsp3) is 0.529. The smallest absolute Gasteiger partial charge is 0.343 e. The summed E-state index contributed by atoms with van der Waals surface area (Å²) in [5.41, 5.74) is 0.812. The van der Waals surface area contributed by atoms with Crippen molar-refractivity contribution in [1.82, 2.24) is 19.7 Å². The summed E-state index contributed by atoms with van der Waals surface area (Å²) in [6.45, 7) is 8.13. The molecule has 1 aliphatic rings. The Morgan fingerprint density at radius 3 is 2.60 bits per heavy atom. The minimum Gasteiger partial charge on any atom is -0.508 e. The summed E-state index contributed by atoms with van der Waals surface area (Å²) in [5, 5.41) is 26.8. The first-order valence-corrected chi connectivity index (χ1v) is 8.49. The van der Waals surface area contributed by atoms with Gasteiger partial charge in [-0.05, 0) is 17.5 Å². The van der Waals surface area contributed by atoms with Gasteiger partial charge in [-0.2, -0.15) is 5.10 Å². The lowest BCUT2D eigenvalue weighted by atomic mass is 9.98. The van der Waals surface area contributed by atoms with Gasteiger partial charge in [0.05, 0.1) is 18.8 Å². The summed E-state index contributed by atoms with van der Waals surface area (Å²) in [6.07, 6.45) is 0. The molecule has 8 nitrogen and oxygen atoms in total. The third-order valence-electron chi connectivity index (χ3n) is 4.51. The molecular formula is C17H24N4O4. The number of aromatic hydroxyl groups is 2. The Morgan fingerprint density at radius 1 is 1.20 bits per heavy atom. The number of nitrogens with zero attached hydrogens (tertiary/aromatic N) is 3. The molecule has 2 aromatic rings. The Morgan fingerprint density at radius 2 is 1.92 bits per heavy atom. The Hall–Kier alpha value is -2.32. The summed E-state index contributed by atoms with van der Waals surface area (Å²) in [6, 6.07) is 2.99. The van der Waals surface area contributed by atoms with Crippen LogP contribution in [0.2, 0.25) is 0 Å². The molecule has 0 unspecified atom stereocenters. The SMILES string of the molecule is CC(C)c1cc(-c2n[nH]c(=O)n2CCN2CCOCC2)c(O)cc1O. The molecule has 1 aromatic carbocycles. The van der Waals surface area contributed by atoms with Crippen LogP contribution in [0.15, 0.2) is 16.9 Å². The lowest BCUT2D eigenvalue weighted by Gasteiger charge is -2.26. The average molecular weight is 348 g/mol. The second-order valence-electron chi connectivity index (χ2n) is 6.54. The van der Waals surface area contributed by atoms with Crippen LogP contribution in [0.5, 0.6) is 11.5 Å². The van der Waals surface area contributed by atoms with E-state index in [4.69, 9.17) is 4.74 Å². The van der Waals surface area contributed by atoms with E-state index in [0.29, 0.717) is 43.3 Å². The number of morpholine rings is 1. The zero-order valence-corrected chi connectivity index (χ0v) is 14.5. The number of phenols is 2. The van der Waals surface area contributed by atoms with Crippen molar-refractivity contribution in [2.75, 3.05) is 32.8 Å². The highest BCUT2D eigenvalue weighted by Crippen LogP contribution is 2.36. The van der Waals surface area contributed by atoms with Crippen molar-refractivity contribution in [3.8, 4) is 22.9 Å². The van der Waals surface area contributed by atoms with Gasteiger partial charge in [-0.25, -0.2) is 9.89 Å². The molecule has 1 saturated heterocycles. The van der Waals surface area contributed by atoms with Gasteiger partial charge < -0.3 is 14.9 Å². The molecule has 0 aliphatic carbocycles. The number of hydrogen-bond donors (Lipinski definition) is 3. The molecule has 8 heteroatoms. The van der Waals surface area contributed by atoms with Crippen molar-refractivity contribution in [3.05, 3.63) is 28.2 Å². The Bertz CT molecular complexity index is 790. The summed E-state index contributed by atoms with van der Waals surface area (Å²) in [7, 11) is 0. The molecule has 25 heavy (non-hydrogen) atoms. The highest BCUT2D eigenvalue weighted by atomic mass is 16.5. The molecule has 1 aliphatic heterocycles. The topological polar surface area (TPSA) is 104 Å². The van der Waals surface area contributed by atoms with Crippen molar-refractivity contribution in [3.63, 3.8) is 0 Å². The summed E-state index contributed by atoms with van der Waals surface area (Å²) < 4.78 is 6.85. The fourth-order valence-electron chi connectivity index (χ4n) is 3.03. The third-order valence-corrected chi connectivity index (χ3v) is 4.51. The molecule has 3 rings (SSSR count). The molecule has 0 atom stereocenters. The monoisotopic (exact) mass is 348 g/mol. The lowest BCUT2D eigenvalue weighted by Crippen LogP contribution is -2.39. The zero-order chi connectivity index (χ0) is 18.0. The standard InChI is InChI=1S/C17H24N4O4/c1-11(2)12-9-13(15(23)10-14(12)22)16-18-19-17(24)21(16)4-3-20-5-7-25-8-6-20/h9-11,22-23H,3-8H2,1-2H3,(H,19,24). The molecule has 1 aromatic heterocycles. The Kier molecular flexibility index (Phi) is 5.10. The number of rotatable bonds is 5. The van der Waals surface area contributed by atoms with E-state index in [1.807, 2.05) is 13.8 Å². The molecule has 0 saturated carbocycles. The van der Waals surface area contributed by atoms with Crippen LogP contribution in [0.4, 0.5) is 0 Å². The van der Waals surface area contributed by atoms with Gasteiger partial charge in [0, 0.05) is 32.2 Å². The molecule has 3 N–H and O–H groups in total. The van der Waals surface area contributed by atoms with Crippen LogP contribution < -0.4 is 5.69 Å². The second kappa shape index (κ2) is 7.28. The third kappa shape index (κ3) is 3.69. The molecule has 0 spiro atoms. The fourth-order valence-corrected chi connectivity index (χ4v) is 3.03. The van der Waals surface area contributed by atoms with Gasteiger partial charge in [-0.15, -0.1) is 0 Å². The molecular weight excluding hydrogens is 324 g/mol. The van der Waals surface area contributed by atoms with E-state index in [2.05, 4.69) is 15.1 Å². The first-order chi connectivity index (χ1) is 12.0. The van der Waals surface area contributed by atoms with Crippen molar-refractivity contribution >= 4 is 0 Å². The average Bonchev–Trinajstić information content (AvgIpc) is 2.94. The normalized spacial score (nSPS) is 15.8. The van der Waals surface area contributed by atoms with Crippen molar-refractivity contribution in [2.24, 2.45) is 0 Å². The molecule has 136 valence electrons. The van der Waals surface area contributed by atoms with Gasteiger partial charge in [-0.3, -0.25) is 9.47 Å². The van der Waals surface area contributed by atoms with Crippen LogP contribution in [0.3, 0.4) is 0 Å². The van der Waals surface area contributed by atoms with Crippen LogP contribution in [0.1, 0.15) is 25.3 Å². The highest BCUT2D eigenvalue weighted by Gasteiger charge is 2.19. The summed E-state index contributed by atoms with van der Waals surface area (Å²) in [5.74, 6) is 0.381. The molecule has 0 bridgehead atoms. The second-order valence-corrected chi connectivity index (χ2v) is 6.54. The summed E-state index contributed by atoms with van der Waals surface area (Å²) in [4.78, 5) is 14.4. The molecule has 0 radical (unpaired) electrons. The number of aromatic amines is 1. The van der Waals surface area contributed by atoms with Crippen LogP contribution in [0, 0.1) is 0 Å². The van der Waals surface area contributed by atoms with Gasteiger partial charge >= 0.3 is 5.69 Å². The highest BCUT2D eigenvalue weighted by molar-refractivity contribution is 5.67. The van der Waals surface area contributed by atoms with Crippen LogP contribution in [-0.2, 0) is 11.3 Å². The number of hydrogen-bond acceptors (Lipinski definition) is 6. The van der Waals surface area contributed by atoms with E-state index in [0.717, 1.165) is 13.1 Å². The van der Waals surface area contributed by atoms with Crippen LogP contribution in [-0.4, -0.2) is 62.7 Å². The number of benzene rings is 1. The van der Waals surface area contributed by atoms with E-state index in [-0.39, 0.29) is 23.1 Å². The predicted octanol–water partition coefficient (Wildman–Crippen LogP) is 1.11. The van der Waals surface area contributed by atoms with E-state index in [9.17, 15) is 15.0 Å². The van der Waals surface area contributed by atoms with E-state index in [1.165, 1.54) is 10.6 Å². The first-order valence-electron chi connectivity index (χ1n) is 8.49. The summed E-state index contributed by atoms with van der Waals surface area (Å²) >= 11 is 0. The van der Waals surface area contributed by atoms with Gasteiger partial charge in [0.1, 0.15) is 11.5 Å². The van der Waals surface area contributed by atoms with Gasteiger partial charge in [0.2, 0.25) is 0 Å². The maximum absolute atomic E-state index is 12.2. The zero-order valence-electron chi connectivity index (χ0n) is 14.5. The Labute approximate surface area is 145 Å². The van der Waals surface area contributed by atoms with Gasteiger partial charge in [0.25, 0.3) is 0 Å². The Balaban J connectivity index is 1.90. The predicted molar refractivity (Wildman–Crippen MR) is 93.0 cm³/mol. The first kappa shape index (κ1) is 17.5. The van der Waals surface area contributed by atoms with Crippen molar-refractivity contribution in [2.45, 2.75) is 26.3 Å². The quantitative estimate of drug-likeness (QED) is 0.748.